The molecule has 0 bridgehead atoms. The van der Waals surface area contributed by atoms with E-state index in [2.05, 4.69) is 77.0 Å². The molecule has 96 valence electrons. The number of hydrogen-bond donors (Lipinski definition) is 1. The lowest BCUT2D eigenvalue weighted by Gasteiger charge is -2.14. The Bertz CT molecular complexity index is 375. The van der Waals surface area contributed by atoms with Crippen LogP contribution in [0.2, 0.25) is 0 Å². The van der Waals surface area contributed by atoms with Crippen LogP contribution >= 0.6 is 43.2 Å². The predicted octanol–water partition coefficient (Wildman–Crippen LogP) is 5.31. The summed E-state index contributed by atoms with van der Waals surface area (Å²) in [7, 11) is 0. The number of rotatable bonds is 5. The van der Waals surface area contributed by atoms with Gasteiger partial charge in [0.2, 0.25) is 0 Å². The first-order chi connectivity index (χ1) is 7.90. The Hall–Kier alpha value is 0.360. The Labute approximate surface area is 125 Å². The van der Waals surface area contributed by atoms with Gasteiger partial charge >= 0.3 is 0 Å². The van der Waals surface area contributed by atoms with Crippen LogP contribution in [0, 0.1) is 5.92 Å². The summed E-state index contributed by atoms with van der Waals surface area (Å²) in [5.41, 5.74) is 1.44. The van der Waals surface area contributed by atoms with E-state index in [0.29, 0.717) is 12.0 Å². The van der Waals surface area contributed by atoms with Gasteiger partial charge in [0.05, 0.1) is 3.79 Å². The average Bonchev–Trinajstić information content (AvgIpc) is 2.52. The van der Waals surface area contributed by atoms with Crippen LogP contribution < -0.4 is 5.32 Å². The maximum Gasteiger partial charge on any atom is 0.0846 e. The average molecular weight is 381 g/mol. The molecule has 4 heteroatoms. The Morgan fingerprint density at radius 2 is 2.00 bits per heavy atom. The lowest BCUT2D eigenvalue weighted by Crippen LogP contribution is -2.26. The molecule has 1 rings (SSSR count). The zero-order chi connectivity index (χ0) is 13.0. The van der Waals surface area contributed by atoms with E-state index in [0.717, 1.165) is 14.8 Å². The van der Waals surface area contributed by atoms with E-state index in [-0.39, 0.29) is 0 Å². The van der Waals surface area contributed by atoms with E-state index >= 15 is 0 Å². The van der Waals surface area contributed by atoms with Gasteiger partial charge in [0, 0.05) is 21.9 Å². The van der Waals surface area contributed by atoms with Gasteiger partial charge in [-0.25, -0.2) is 0 Å². The van der Waals surface area contributed by atoms with Crippen LogP contribution in [0.4, 0.5) is 0 Å². The highest BCUT2D eigenvalue weighted by molar-refractivity contribution is 9.13. The second kappa shape index (κ2) is 7.07. The van der Waals surface area contributed by atoms with Crippen molar-refractivity contribution in [3.8, 4) is 0 Å². The van der Waals surface area contributed by atoms with Crippen LogP contribution in [-0.4, -0.2) is 12.6 Å². The molecule has 0 fully saturated rings. The van der Waals surface area contributed by atoms with Crippen molar-refractivity contribution in [3.05, 3.63) is 24.8 Å². The summed E-state index contributed by atoms with van der Waals surface area (Å²) in [6.07, 6.45) is 2.29. The molecular weight excluding hydrogens is 362 g/mol. The molecule has 0 aromatic carbocycles. The first-order valence-electron chi connectivity index (χ1n) is 5.78. The topological polar surface area (TPSA) is 12.0 Å². The Morgan fingerprint density at radius 1 is 1.35 bits per heavy atom. The molecule has 0 radical (unpaired) electrons. The fourth-order valence-corrected chi connectivity index (χ4v) is 3.43. The zero-order valence-corrected chi connectivity index (χ0v) is 14.7. The lowest BCUT2D eigenvalue weighted by atomic mass is 10.0. The highest BCUT2D eigenvalue weighted by Gasteiger charge is 2.07. The Balaban J connectivity index is 2.82. The highest BCUT2D eigenvalue weighted by Crippen LogP contribution is 2.34. The van der Waals surface area contributed by atoms with E-state index in [1.165, 1.54) is 10.5 Å². The molecule has 0 saturated carbocycles. The van der Waals surface area contributed by atoms with Crippen LogP contribution in [0.1, 0.15) is 32.6 Å². The zero-order valence-electron chi connectivity index (χ0n) is 10.7. The molecule has 0 spiro atoms. The van der Waals surface area contributed by atoms with Crippen molar-refractivity contribution in [2.75, 3.05) is 6.54 Å². The van der Waals surface area contributed by atoms with Crippen LogP contribution in [0.15, 0.2) is 19.9 Å². The standard InChI is InChI=1S/C13H19Br2NS/c1-8(2)10(7-16-9(3)4)5-11-6-12(14)13(15)17-11/h5-6,8-9,16H,7H2,1-4H3. The van der Waals surface area contributed by atoms with Crippen molar-refractivity contribution in [3.63, 3.8) is 0 Å². The van der Waals surface area contributed by atoms with Crippen molar-refractivity contribution in [1.82, 2.24) is 5.32 Å². The fourth-order valence-electron chi connectivity index (χ4n) is 1.36. The molecule has 0 aliphatic heterocycles. The summed E-state index contributed by atoms with van der Waals surface area (Å²) in [4.78, 5) is 1.29. The Kier molecular flexibility index (Phi) is 6.41. The van der Waals surface area contributed by atoms with Gasteiger partial charge in [0.1, 0.15) is 0 Å². The van der Waals surface area contributed by atoms with E-state index in [1.807, 2.05) is 0 Å². The maximum absolute atomic E-state index is 3.53. The van der Waals surface area contributed by atoms with Crippen LogP contribution in [0.3, 0.4) is 0 Å². The summed E-state index contributed by atoms with van der Waals surface area (Å²) >= 11 is 8.82. The summed E-state index contributed by atoms with van der Waals surface area (Å²) in [5, 5.41) is 3.48. The minimum atomic E-state index is 0.527. The first kappa shape index (κ1) is 15.4. The molecule has 0 unspecified atom stereocenters. The molecular formula is C13H19Br2NS. The quantitative estimate of drug-likeness (QED) is 0.729. The van der Waals surface area contributed by atoms with Gasteiger partial charge in [-0.15, -0.1) is 11.3 Å². The molecule has 17 heavy (non-hydrogen) atoms. The van der Waals surface area contributed by atoms with Crippen molar-refractivity contribution in [2.24, 2.45) is 5.92 Å². The summed E-state index contributed by atoms with van der Waals surface area (Å²) < 4.78 is 2.29. The van der Waals surface area contributed by atoms with Gasteiger partial charge < -0.3 is 5.32 Å². The van der Waals surface area contributed by atoms with Gasteiger partial charge in [0.15, 0.2) is 0 Å². The van der Waals surface area contributed by atoms with Crippen LogP contribution in [0.25, 0.3) is 6.08 Å². The van der Waals surface area contributed by atoms with Crippen molar-refractivity contribution < 1.29 is 0 Å². The molecule has 1 aromatic heterocycles. The van der Waals surface area contributed by atoms with Crippen molar-refractivity contribution in [2.45, 2.75) is 33.7 Å². The van der Waals surface area contributed by atoms with Crippen LogP contribution in [0.5, 0.6) is 0 Å². The number of hydrogen-bond acceptors (Lipinski definition) is 2. The molecule has 0 aliphatic rings. The third-order valence-corrected chi connectivity index (χ3v) is 5.65. The van der Waals surface area contributed by atoms with Gasteiger partial charge in [-0.3, -0.25) is 0 Å². The summed E-state index contributed by atoms with van der Waals surface area (Å²) in [5.74, 6) is 0.570. The fraction of sp³-hybridized carbons (Fsp3) is 0.538. The summed E-state index contributed by atoms with van der Waals surface area (Å²) in [6, 6.07) is 2.69. The third-order valence-electron chi connectivity index (χ3n) is 2.45. The highest BCUT2D eigenvalue weighted by atomic mass is 79.9. The predicted molar refractivity (Wildman–Crippen MR) is 85.7 cm³/mol. The largest absolute Gasteiger partial charge is 0.311 e. The molecule has 1 N–H and O–H groups in total. The normalized spacial score (nSPS) is 12.8. The molecule has 1 heterocycles. The Morgan fingerprint density at radius 3 is 2.41 bits per heavy atom. The third kappa shape index (κ3) is 5.25. The smallest absolute Gasteiger partial charge is 0.0846 e. The monoisotopic (exact) mass is 379 g/mol. The van der Waals surface area contributed by atoms with Crippen molar-refractivity contribution in [1.29, 1.82) is 0 Å². The van der Waals surface area contributed by atoms with E-state index in [9.17, 15) is 0 Å². The number of nitrogens with one attached hydrogen (secondary N) is 1. The molecule has 0 amide bonds. The minimum Gasteiger partial charge on any atom is -0.311 e. The van der Waals surface area contributed by atoms with Gasteiger partial charge in [0.25, 0.3) is 0 Å². The SMILES string of the molecule is CC(C)NCC(=Cc1cc(Br)c(Br)s1)C(C)C. The molecule has 1 nitrogen and oxygen atoms in total. The second-order valence-corrected chi connectivity index (χ2v) is 7.94. The molecule has 1 aromatic rings. The van der Waals surface area contributed by atoms with Gasteiger partial charge in [-0.05, 0) is 49.9 Å². The minimum absolute atomic E-state index is 0.527. The van der Waals surface area contributed by atoms with Crippen molar-refractivity contribution >= 4 is 49.3 Å². The van der Waals surface area contributed by atoms with E-state index in [1.54, 1.807) is 11.3 Å². The maximum atomic E-state index is 3.53. The lowest BCUT2D eigenvalue weighted by molar-refractivity contribution is 0.593. The van der Waals surface area contributed by atoms with Crippen LogP contribution in [-0.2, 0) is 0 Å². The number of thiophene rings is 1. The first-order valence-corrected chi connectivity index (χ1v) is 8.19. The van der Waals surface area contributed by atoms with E-state index < -0.39 is 0 Å². The second-order valence-electron chi connectivity index (χ2n) is 4.68. The summed E-state index contributed by atoms with van der Waals surface area (Å²) in [6.45, 7) is 9.80. The van der Waals surface area contributed by atoms with E-state index in [4.69, 9.17) is 0 Å². The van der Waals surface area contributed by atoms with Gasteiger partial charge in [-0.1, -0.05) is 33.3 Å². The molecule has 0 atom stereocenters. The molecule has 0 aliphatic carbocycles. The van der Waals surface area contributed by atoms with Gasteiger partial charge in [-0.2, -0.15) is 0 Å². The number of halogens is 2. The molecule has 0 saturated heterocycles.